The minimum atomic E-state index is -0.855. The first kappa shape index (κ1) is 27.8. The highest BCUT2D eigenvalue weighted by atomic mass is 16.2. The topological polar surface area (TPSA) is 112 Å². The minimum absolute atomic E-state index is 0.0219. The normalized spacial score (nSPS) is 16.8. The standard InChI is InChI=1S/C30H35N5O4/c1-20(2)16-26-30(39)34(15-12-28(37)35(26)19-27(36)33-24-10-13-32-14-11-24)25(29(38)31-3)18-21-8-9-22-6-4-5-7-23(22)17-21/h4-11,13-14,17,20,25-26H,12,15-16,18-19H2,1-3H3,(H,31,38)(H,32,33,36)/t25-,26-/m0/s1. The third kappa shape index (κ3) is 6.79. The second-order valence-corrected chi connectivity index (χ2v) is 10.2. The lowest BCUT2D eigenvalue weighted by molar-refractivity contribution is -0.146. The maximum Gasteiger partial charge on any atom is 0.246 e. The van der Waals surface area contributed by atoms with Gasteiger partial charge in [-0.2, -0.15) is 0 Å². The summed E-state index contributed by atoms with van der Waals surface area (Å²) >= 11 is 0. The number of aromatic nitrogens is 1. The fourth-order valence-corrected chi connectivity index (χ4v) is 5.04. The monoisotopic (exact) mass is 529 g/mol. The molecule has 3 aromatic rings. The number of pyridine rings is 1. The average Bonchev–Trinajstić information content (AvgIpc) is 3.03. The molecule has 0 bridgehead atoms. The van der Waals surface area contributed by atoms with Crippen molar-refractivity contribution in [2.24, 2.45) is 5.92 Å². The van der Waals surface area contributed by atoms with E-state index in [2.05, 4.69) is 15.6 Å². The summed E-state index contributed by atoms with van der Waals surface area (Å²) < 4.78 is 0. The van der Waals surface area contributed by atoms with Crippen molar-refractivity contribution < 1.29 is 19.2 Å². The lowest BCUT2D eigenvalue weighted by Crippen LogP contribution is -2.55. The molecule has 2 aromatic carbocycles. The molecular weight excluding hydrogens is 494 g/mol. The van der Waals surface area contributed by atoms with Gasteiger partial charge in [0.2, 0.25) is 23.6 Å². The molecule has 1 aliphatic rings. The number of benzene rings is 2. The molecule has 2 heterocycles. The van der Waals surface area contributed by atoms with E-state index in [1.54, 1.807) is 31.6 Å². The van der Waals surface area contributed by atoms with Crippen LogP contribution in [0.15, 0.2) is 67.0 Å². The predicted molar refractivity (Wildman–Crippen MR) is 150 cm³/mol. The van der Waals surface area contributed by atoms with Gasteiger partial charge in [-0.15, -0.1) is 0 Å². The van der Waals surface area contributed by atoms with E-state index in [-0.39, 0.29) is 43.1 Å². The molecule has 2 N–H and O–H groups in total. The number of carbonyl (C=O) groups is 4. The number of likely N-dealkylation sites (N-methyl/N-ethyl adjacent to an activating group) is 1. The summed E-state index contributed by atoms with van der Waals surface area (Å²) in [5.74, 6) is -1.22. The Morgan fingerprint density at radius 3 is 2.44 bits per heavy atom. The zero-order valence-electron chi connectivity index (χ0n) is 22.6. The number of rotatable bonds is 9. The van der Waals surface area contributed by atoms with Crippen molar-refractivity contribution >= 4 is 40.1 Å². The Balaban J connectivity index is 1.61. The fourth-order valence-electron chi connectivity index (χ4n) is 5.04. The van der Waals surface area contributed by atoms with Crippen LogP contribution in [0.25, 0.3) is 10.8 Å². The van der Waals surface area contributed by atoms with Gasteiger partial charge in [0.1, 0.15) is 18.6 Å². The Hall–Kier alpha value is -4.27. The first-order chi connectivity index (χ1) is 18.8. The first-order valence-electron chi connectivity index (χ1n) is 13.3. The fraction of sp³-hybridized carbons (Fsp3) is 0.367. The highest BCUT2D eigenvalue weighted by molar-refractivity contribution is 5.98. The zero-order chi connectivity index (χ0) is 27.9. The number of amides is 4. The molecule has 39 heavy (non-hydrogen) atoms. The van der Waals surface area contributed by atoms with Crippen LogP contribution in [0, 0.1) is 5.92 Å². The summed E-state index contributed by atoms with van der Waals surface area (Å²) in [7, 11) is 1.55. The molecule has 4 rings (SSSR count). The van der Waals surface area contributed by atoms with Gasteiger partial charge in [-0.25, -0.2) is 0 Å². The summed E-state index contributed by atoms with van der Waals surface area (Å²) in [6, 6.07) is 15.6. The Kier molecular flexibility index (Phi) is 8.91. The van der Waals surface area contributed by atoms with Gasteiger partial charge in [0.15, 0.2) is 0 Å². The molecule has 9 heteroatoms. The molecule has 1 saturated heterocycles. The summed E-state index contributed by atoms with van der Waals surface area (Å²) in [5.41, 5.74) is 1.47. The van der Waals surface area contributed by atoms with Gasteiger partial charge in [0.25, 0.3) is 0 Å². The van der Waals surface area contributed by atoms with Crippen molar-refractivity contribution in [2.75, 3.05) is 25.5 Å². The van der Waals surface area contributed by atoms with Gasteiger partial charge < -0.3 is 20.4 Å². The predicted octanol–water partition coefficient (Wildman–Crippen LogP) is 3.01. The van der Waals surface area contributed by atoms with Crippen LogP contribution in [0.5, 0.6) is 0 Å². The largest absolute Gasteiger partial charge is 0.357 e. The molecule has 204 valence electrons. The van der Waals surface area contributed by atoms with Crippen LogP contribution >= 0.6 is 0 Å². The highest BCUT2D eigenvalue weighted by Crippen LogP contribution is 2.24. The van der Waals surface area contributed by atoms with Crippen LogP contribution in [-0.2, 0) is 25.6 Å². The van der Waals surface area contributed by atoms with Crippen LogP contribution in [-0.4, -0.2) is 70.6 Å². The summed E-state index contributed by atoms with van der Waals surface area (Å²) in [6.07, 6.45) is 3.82. The first-order valence-corrected chi connectivity index (χ1v) is 13.3. The smallest absolute Gasteiger partial charge is 0.246 e. The Morgan fingerprint density at radius 1 is 1.03 bits per heavy atom. The van der Waals surface area contributed by atoms with E-state index in [1.165, 1.54) is 9.80 Å². The molecule has 0 aliphatic carbocycles. The lowest BCUT2D eigenvalue weighted by atomic mass is 9.97. The van der Waals surface area contributed by atoms with Crippen LogP contribution in [0.3, 0.4) is 0 Å². The third-order valence-corrected chi connectivity index (χ3v) is 6.97. The Labute approximate surface area is 228 Å². The molecule has 1 aromatic heterocycles. The van der Waals surface area contributed by atoms with Gasteiger partial charge in [-0.1, -0.05) is 56.3 Å². The van der Waals surface area contributed by atoms with E-state index in [1.807, 2.05) is 56.3 Å². The van der Waals surface area contributed by atoms with Crippen molar-refractivity contribution in [1.82, 2.24) is 20.1 Å². The number of hydrogen-bond donors (Lipinski definition) is 2. The minimum Gasteiger partial charge on any atom is -0.357 e. The van der Waals surface area contributed by atoms with Gasteiger partial charge in [0.05, 0.1) is 0 Å². The number of hydrogen-bond acceptors (Lipinski definition) is 5. The van der Waals surface area contributed by atoms with Crippen molar-refractivity contribution in [2.45, 2.75) is 45.2 Å². The molecule has 4 amide bonds. The summed E-state index contributed by atoms with van der Waals surface area (Å²) in [4.78, 5) is 60.2. The second-order valence-electron chi connectivity index (χ2n) is 10.2. The van der Waals surface area contributed by atoms with Gasteiger partial charge in [-0.05, 0) is 40.8 Å². The molecule has 0 radical (unpaired) electrons. The quantitative estimate of drug-likeness (QED) is 0.443. The van der Waals surface area contributed by atoms with Gasteiger partial charge >= 0.3 is 0 Å². The molecule has 0 unspecified atom stereocenters. The highest BCUT2D eigenvalue weighted by Gasteiger charge is 2.41. The van der Waals surface area contributed by atoms with Crippen molar-refractivity contribution in [1.29, 1.82) is 0 Å². The maximum absolute atomic E-state index is 14.1. The molecule has 2 atom stereocenters. The van der Waals surface area contributed by atoms with E-state index in [9.17, 15) is 19.2 Å². The molecule has 0 saturated carbocycles. The molecule has 0 spiro atoms. The third-order valence-electron chi connectivity index (χ3n) is 6.97. The number of nitrogens with one attached hydrogen (secondary N) is 2. The van der Waals surface area contributed by atoms with Crippen molar-refractivity contribution in [3.63, 3.8) is 0 Å². The van der Waals surface area contributed by atoms with E-state index in [4.69, 9.17) is 0 Å². The van der Waals surface area contributed by atoms with Gasteiger partial charge in [-0.3, -0.25) is 24.2 Å². The molecule has 1 aliphatic heterocycles. The zero-order valence-corrected chi connectivity index (χ0v) is 22.6. The number of nitrogens with zero attached hydrogens (tertiary/aromatic N) is 3. The van der Waals surface area contributed by atoms with E-state index >= 15 is 0 Å². The van der Waals surface area contributed by atoms with E-state index < -0.39 is 18.0 Å². The number of fused-ring (bicyclic) bond motifs is 1. The van der Waals surface area contributed by atoms with Gasteiger partial charge in [0, 0.05) is 44.5 Å². The lowest BCUT2D eigenvalue weighted by Gasteiger charge is -2.34. The van der Waals surface area contributed by atoms with E-state index in [0.29, 0.717) is 18.5 Å². The van der Waals surface area contributed by atoms with Crippen LogP contribution in [0.4, 0.5) is 5.69 Å². The summed E-state index contributed by atoms with van der Waals surface area (Å²) in [6.45, 7) is 3.77. The number of anilines is 1. The van der Waals surface area contributed by atoms with Crippen LogP contribution in [0.1, 0.15) is 32.3 Å². The summed E-state index contributed by atoms with van der Waals surface area (Å²) in [5, 5.41) is 7.60. The maximum atomic E-state index is 14.1. The van der Waals surface area contributed by atoms with E-state index in [0.717, 1.165) is 16.3 Å². The van der Waals surface area contributed by atoms with Crippen LogP contribution in [0.2, 0.25) is 0 Å². The SMILES string of the molecule is CNC(=O)[C@H](Cc1ccc2ccccc2c1)N1CCC(=O)N(CC(=O)Nc2ccncc2)[C@@H](CC(C)C)C1=O. The Bertz CT molecular complexity index is 1340. The van der Waals surface area contributed by atoms with Crippen LogP contribution < -0.4 is 10.6 Å². The van der Waals surface area contributed by atoms with Crippen molar-refractivity contribution in [3.8, 4) is 0 Å². The second kappa shape index (κ2) is 12.5. The molecule has 1 fully saturated rings. The van der Waals surface area contributed by atoms with Crippen molar-refractivity contribution in [3.05, 3.63) is 72.6 Å². The number of carbonyl (C=O) groups excluding carboxylic acids is 4. The Morgan fingerprint density at radius 2 is 1.74 bits per heavy atom. The molecule has 9 nitrogen and oxygen atoms in total. The molecular formula is C30H35N5O4. The average molecular weight is 530 g/mol.